The second-order valence-electron chi connectivity index (χ2n) is 6.01. The van der Waals surface area contributed by atoms with Crippen molar-refractivity contribution in [3.05, 3.63) is 64.9 Å². The maximum atomic E-state index is 13.6. The van der Waals surface area contributed by atoms with Crippen LogP contribution in [-0.4, -0.2) is 15.3 Å². The number of halogens is 1. The summed E-state index contributed by atoms with van der Waals surface area (Å²) in [7, 11) is 0. The molecule has 0 bridgehead atoms. The fourth-order valence-corrected chi connectivity index (χ4v) is 2.77. The van der Waals surface area contributed by atoms with Crippen LogP contribution in [0.25, 0.3) is 5.65 Å². The molecule has 0 aliphatic rings. The number of benzene rings is 1. The summed E-state index contributed by atoms with van der Waals surface area (Å²) in [5.74, 6) is -0.672. The van der Waals surface area contributed by atoms with Gasteiger partial charge in [-0.2, -0.15) is 0 Å². The third kappa shape index (κ3) is 3.02. The number of pyridine rings is 1. The van der Waals surface area contributed by atoms with Crippen LogP contribution in [0, 0.1) is 19.7 Å². The van der Waals surface area contributed by atoms with E-state index in [0.717, 1.165) is 23.2 Å². The number of rotatable bonds is 4. The molecule has 3 rings (SSSR count). The smallest absolute Gasteiger partial charge is 0.274 e. The molecule has 0 atom stereocenters. The summed E-state index contributed by atoms with van der Waals surface area (Å²) < 4.78 is 15.2. The number of imidazole rings is 1. The van der Waals surface area contributed by atoms with Crippen molar-refractivity contribution in [2.75, 3.05) is 5.32 Å². The molecule has 0 saturated carbocycles. The Kier molecular flexibility index (Phi) is 4.34. The van der Waals surface area contributed by atoms with Gasteiger partial charge < -0.3 is 5.32 Å². The van der Waals surface area contributed by atoms with Gasteiger partial charge in [0.25, 0.3) is 5.91 Å². The van der Waals surface area contributed by atoms with E-state index in [0.29, 0.717) is 23.5 Å². The minimum absolute atomic E-state index is 0.273. The Morgan fingerprint density at radius 3 is 2.79 bits per heavy atom. The monoisotopic (exact) mass is 325 g/mol. The molecule has 4 nitrogen and oxygen atoms in total. The van der Waals surface area contributed by atoms with Crippen LogP contribution >= 0.6 is 0 Å². The van der Waals surface area contributed by atoms with Crippen molar-refractivity contribution >= 4 is 17.2 Å². The van der Waals surface area contributed by atoms with Crippen LogP contribution in [0.2, 0.25) is 0 Å². The molecular weight excluding hydrogens is 305 g/mol. The number of amides is 1. The first-order chi connectivity index (χ1) is 11.5. The number of carbonyl (C=O) groups excluding carboxylic acids is 1. The zero-order chi connectivity index (χ0) is 17.3. The lowest BCUT2D eigenvalue weighted by Gasteiger charge is -2.10. The summed E-state index contributed by atoms with van der Waals surface area (Å²) in [5, 5.41) is 2.94. The van der Waals surface area contributed by atoms with Crippen LogP contribution in [0.3, 0.4) is 0 Å². The standard InChI is InChI=1S/C19H20FN3O/c1-4-5-15-18(23-11-14(20)8-9-17(23)21-15)19(24)22-16-10-12(2)6-7-13(16)3/h6-11H,4-5H2,1-3H3,(H,22,24). The summed E-state index contributed by atoms with van der Waals surface area (Å²) in [4.78, 5) is 17.3. The Morgan fingerprint density at radius 1 is 1.25 bits per heavy atom. The lowest BCUT2D eigenvalue weighted by molar-refractivity contribution is 0.102. The number of hydrogen-bond acceptors (Lipinski definition) is 2. The van der Waals surface area contributed by atoms with Crippen molar-refractivity contribution in [2.24, 2.45) is 0 Å². The normalized spacial score (nSPS) is 11.0. The van der Waals surface area contributed by atoms with E-state index in [1.165, 1.54) is 16.7 Å². The molecule has 0 fully saturated rings. The fourth-order valence-electron chi connectivity index (χ4n) is 2.77. The molecule has 1 aromatic carbocycles. The van der Waals surface area contributed by atoms with Crippen LogP contribution in [-0.2, 0) is 6.42 Å². The molecular formula is C19H20FN3O. The second kappa shape index (κ2) is 6.43. The third-order valence-electron chi connectivity index (χ3n) is 4.00. The fraction of sp³-hybridized carbons (Fsp3) is 0.263. The van der Waals surface area contributed by atoms with Gasteiger partial charge in [-0.15, -0.1) is 0 Å². The molecule has 0 aliphatic heterocycles. The molecule has 0 aliphatic carbocycles. The van der Waals surface area contributed by atoms with Gasteiger partial charge in [0.05, 0.1) is 5.69 Å². The van der Waals surface area contributed by atoms with Crippen LogP contribution in [0.15, 0.2) is 36.5 Å². The number of aryl methyl sites for hydroxylation is 3. The van der Waals surface area contributed by atoms with Gasteiger partial charge >= 0.3 is 0 Å². The van der Waals surface area contributed by atoms with E-state index in [2.05, 4.69) is 10.3 Å². The number of nitrogens with one attached hydrogen (secondary N) is 1. The van der Waals surface area contributed by atoms with E-state index < -0.39 is 5.82 Å². The van der Waals surface area contributed by atoms with Crippen molar-refractivity contribution in [1.82, 2.24) is 9.38 Å². The highest BCUT2D eigenvalue weighted by atomic mass is 19.1. The van der Waals surface area contributed by atoms with Crippen LogP contribution < -0.4 is 5.32 Å². The molecule has 2 aromatic heterocycles. The number of nitrogens with zero attached hydrogens (tertiary/aromatic N) is 2. The summed E-state index contributed by atoms with van der Waals surface area (Å²) in [6, 6.07) is 8.83. The van der Waals surface area contributed by atoms with E-state index in [-0.39, 0.29) is 5.91 Å². The van der Waals surface area contributed by atoms with Gasteiger partial charge in [0.15, 0.2) is 0 Å². The van der Waals surface area contributed by atoms with Crippen LogP contribution in [0.5, 0.6) is 0 Å². The Balaban J connectivity index is 2.06. The highest BCUT2D eigenvalue weighted by molar-refractivity contribution is 6.05. The van der Waals surface area contributed by atoms with Gasteiger partial charge in [0.1, 0.15) is 17.2 Å². The third-order valence-corrected chi connectivity index (χ3v) is 4.00. The van der Waals surface area contributed by atoms with Gasteiger partial charge in [-0.05, 0) is 49.6 Å². The number of aromatic nitrogens is 2. The van der Waals surface area contributed by atoms with Crippen molar-refractivity contribution in [1.29, 1.82) is 0 Å². The number of carbonyl (C=O) groups is 1. The van der Waals surface area contributed by atoms with Crippen molar-refractivity contribution in [3.8, 4) is 0 Å². The maximum Gasteiger partial charge on any atom is 0.274 e. The summed E-state index contributed by atoms with van der Waals surface area (Å²) in [6.07, 6.45) is 2.83. The highest BCUT2D eigenvalue weighted by Gasteiger charge is 2.20. The molecule has 0 spiro atoms. The average molecular weight is 325 g/mol. The van der Waals surface area contributed by atoms with Crippen molar-refractivity contribution in [3.63, 3.8) is 0 Å². The Morgan fingerprint density at radius 2 is 2.04 bits per heavy atom. The molecule has 24 heavy (non-hydrogen) atoms. The predicted molar refractivity (Wildman–Crippen MR) is 93.0 cm³/mol. The quantitative estimate of drug-likeness (QED) is 0.777. The molecule has 5 heteroatoms. The van der Waals surface area contributed by atoms with Crippen molar-refractivity contribution in [2.45, 2.75) is 33.6 Å². The number of anilines is 1. The lowest BCUT2D eigenvalue weighted by Crippen LogP contribution is -2.17. The van der Waals surface area contributed by atoms with Gasteiger partial charge in [-0.3, -0.25) is 9.20 Å². The Hall–Kier alpha value is -2.69. The zero-order valence-corrected chi connectivity index (χ0v) is 14.1. The van der Waals surface area contributed by atoms with Gasteiger partial charge in [0.2, 0.25) is 0 Å². The largest absolute Gasteiger partial charge is 0.320 e. The van der Waals surface area contributed by atoms with Crippen molar-refractivity contribution < 1.29 is 9.18 Å². The van der Waals surface area contributed by atoms with E-state index in [1.54, 1.807) is 6.07 Å². The minimum Gasteiger partial charge on any atom is -0.320 e. The van der Waals surface area contributed by atoms with E-state index >= 15 is 0 Å². The van der Waals surface area contributed by atoms with Gasteiger partial charge in [-0.1, -0.05) is 25.5 Å². The summed E-state index contributed by atoms with van der Waals surface area (Å²) in [5.41, 5.74) is 4.46. The lowest BCUT2D eigenvalue weighted by atomic mass is 10.1. The van der Waals surface area contributed by atoms with Crippen LogP contribution in [0.1, 0.15) is 40.7 Å². The first kappa shape index (κ1) is 16.2. The molecule has 1 amide bonds. The van der Waals surface area contributed by atoms with E-state index in [9.17, 15) is 9.18 Å². The topological polar surface area (TPSA) is 46.4 Å². The number of fused-ring (bicyclic) bond motifs is 1. The second-order valence-corrected chi connectivity index (χ2v) is 6.01. The first-order valence-electron chi connectivity index (χ1n) is 8.04. The first-order valence-corrected chi connectivity index (χ1v) is 8.04. The maximum absolute atomic E-state index is 13.6. The van der Waals surface area contributed by atoms with E-state index in [1.807, 2.05) is 39.0 Å². The molecule has 0 unspecified atom stereocenters. The summed E-state index contributed by atoms with van der Waals surface area (Å²) in [6.45, 7) is 5.94. The zero-order valence-electron chi connectivity index (χ0n) is 14.1. The SMILES string of the molecule is CCCc1nc2ccc(F)cn2c1C(=O)Nc1cc(C)ccc1C. The summed E-state index contributed by atoms with van der Waals surface area (Å²) >= 11 is 0. The van der Waals surface area contributed by atoms with Gasteiger partial charge in [0, 0.05) is 11.9 Å². The molecule has 0 saturated heterocycles. The number of hydrogen-bond donors (Lipinski definition) is 1. The highest BCUT2D eigenvalue weighted by Crippen LogP contribution is 2.20. The van der Waals surface area contributed by atoms with E-state index in [4.69, 9.17) is 0 Å². The molecule has 0 radical (unpaired) electrons. The predicted octanol–water partition coefficient (Wildman–Crippen LogP) is 4.30. The average Bonchev–Trinajstić information content (AvgIpc) is 2.88. The Bertz CT molecular complexity index is 914. The molecule has 3 aromatic rings. The Labute approximate surface area is 140 Å². The molecule has 1 N–H and O–H groups in total. The minimum atomic E-state index is -0.399. The molecule has 124 valence electrons. The molecule has 2 heterocycles. The van der Waals surface area contributed by atoms with Crippen LogP contribution in [0.4, 0.5) is 10.1 Å². The van der Waals surface area contributed by atoms with Gasteiger partial charge in [-0.25, -0.2) is 9.37 Å².